The van der Waals surface area contributed by atoms with Crippen LogP contribution >= 0.6 is 0 Å². The Hall–Kier alpha value is -4.58. The van der Waals surface area contributed by atoms with Gasteiger partial charge in [-0.25, -0.2) is 0 Å². The van der Waals surface area contributed by atoms with Crippen LogP contribution in [-0.2, 0) is 12.8 Å². The maximum atomic E-state index is 12.6. The molecule has 4 aromatic carbocycles. The van der Waals surface area contributed by atoms with Crippen molar-refractivity contribution in [2.45, 2.75) is 51.4 Å². The normalized spacial score (nSPS) is 10.6. The van der Waals surface area contributed by atoms with E-state index in [-0.39, 0.29) is 11.8 Å². The highest BCUT2D eigenvalue weighted by Crippen LogP contribution is 2.16. The van der Waals surface area contributed by atoms with Crippen molar-refractivity contribution in [1.82, 2.24) is 10.6 Å². The second-order valence-corrected chi connectivity index (χ2v) is 10.9. The summed E-state index contributed by atoms with van der Waals surface area (Å²) < 4.78 is 11.7. The van der Waals surface area contributed by atoms with Gasteiger partial charge in [0, 0.05) is 37.1 Å². The zero-order valence-electron chi connectivity index (χ0n) is 25.5. The van der Waals surface area contributed by atoms with Crippen LogP contribution in [0.1, 0.15) is 70.4 Å². The predicted molar refractivity (Wildman–Crippen MR) is 177 cm³/mol. The molecule has 0 radical (unpaired) electrons. The van der Waals surface area contributed by atoms with Crippen molar-refractivity contribution in [1.29, 1.82) is 0 Å². The molecule has 4 rings (SSSR count). The van der Waals surface area contributed by atoms with Crippen molar-refractivity contribution in [3.63, 3.8) is 0 Å². The fourth-order valence-electron chi connectivity index (χ4n) is 4.88. The van der Waals surface area contributed by atoms with Crippen molar-refractivity contribution in [3.05, 3.63) is 131 Å². The van der Waals surface area contributed by atoms with E-state index in [2.05, 4.69) is 34.9 Å². The van der Waals surface area contributed by atoms with Crippen LogP contribution in [0.15, 0.2) is 109 Å². The van der Waals surface area contributed by atoms with Crippen LogP contribution in [0, 0.1) is 0 Å². The zero-order valence-corrected chi connectivity index (χ0v) is 25.5. The van der Waals surface area contributed by atoms with E-state index in [1.54, 1.807) is 12.1 Å². The smallest absolute Gasteiger partial charge is 0.251 e. The van der Waals surface area contributed by atoms with Gasteiger partial charge in [-0.15, -0.1) is 0 Å². The van der Waals surface area contributed by atoms with E-state index >= 15 is 0 Å². The minimum absolute atomic E-state index is 0.0708. The molecule has 0 saturated heterocycles. The Morgan fingerprint density at radius 3 is 1.32 bits per heavy atom. The van der Waals surface area contributed by atoms with E-state index in [9.17, 15) is 9.59 Å². The Morgan fingerprint density at radius 2 is 0.886 bits per heavy atom. The summed E-state index contributed by atoms with van der Waals surface area (Å²) in [7, 11) is 0. The summed E-state index contributed by atoms with van der Waals surface area (Å²) in [5.74, 6) is 1.28. The molecule has 230 valence electrons. The summed E-state index contributed by atoms with van der Waals surface area (Å²) >= 11 is 0. The largest absolute Gasteiger partial charge is 0.493 e. The first-order chi connectivity index (χ1) is 21.7. The minimum Gasteiger partial charge on any atom is -0.493 e. The van der Waals surface area contributed by atoms with E-state index in [0.29, 0.717) is 48.9 Å². The number of ether oxygens (including phenoxy) is 2. The zero-order chi connectivity index (χ0) is 30.7. The maximum absolute atomic E-state index is 12.6. The third-order valence-corrected chi connectivity index (χ3v) is 7.37. The first-order valence-electron chi connectivity index (χ1n) is 15.8. The van der Waals surface area contributed by atoms with E-state index in [0.717, 1.165) is 51.4 Å². The summed E-state index contributed by atoms with van der Waals surface area (Å²) in [6, 6.07) is 35.1. The van der Waals surface area contributed by atoms with Gasteiger partial charge in [0.25, 0.3) is 11.8 Å². The molecule has 0 fully saturated rings. The molecule has 0 aromatic heterocycles. The molecule has 44 heavy (non-hydrogen) atoms. The van der Waals surface area contributed by atoms with E-state index in [1.807, 2.05) is 72.8 Å². The molecule has 2 N–H and O–H groups in total. The van der Waals surface area contributed by atoms with Crippen LogP contribution in [0.25, 0.3) is 0 Å². The number of benzene rings is 4. The standard InChI is InChI=1S/C38H44N2O4/c41-37(33-19-13-21-35(29-33)43-27-23-31-15-7-5-8-16-31)39-25-11-3-1-2-4-12-26-40-38(42)34-20-14-22-36(30-34)44-28-24-32-17-9-6-10-18-32/h5-10,13-22,29-30H,1-4,11-12,23-28H2,(H,39,41)(H,40,42). The fourth-order valence-corrected chi connectivity index (χ4v) is 4.88. The van der Waals surface area contributed by atoms with Crippen molar-refractivity contribution >= 4 is 11.8 Å². The van der Waals surface area contributed by atoms with E-state index in [4.69, 9.17) is 9.47 Å². The average molecular weight is 593 g/mol. The van der Waals surface area contributed by atoms with Crippen LogP contribution in [-0.4, -0.2) is 38.1 Å². The molecule has 0 atom stereocenters. The second kappa shape index (κ2) is 18.9. The van der Waals surface area contributed by atoms with Crippen LogP contribution in [0.4, 0.5) is 0 Å². The van der Waals surface area contributed by atoms with Gasteiger partial charge in [-0.2, -0.15) is 0 Å². The van der Waals surface area contributed by atoms with Gasteiger partial charge in [-0.05, 0) is 60.4 Å². The van der Waals surface area contributed by atoms with Crippen LogP contribution in [0.2, 0.25) is 0 Å². The number of carbonyl (C=O) groups is 2. The Morgan fingerprint density at radius 1 is 0.477 bits per heavy atom. The lowest BCUT2D eigenvalue weighted by Crippen LogP contribution is -2.24. The second-order valence-electron chi connectivity index (χ2n) is 10.9. The van der Waals surface area contributed by atoms with Crippen molar-refractivity contribution in [3.8, 4) is 11.5 Å². The SMILES string of the molecule is O=C(NCCCCCCCCNC(=O)c1cccc(OCCc2ccccc2)c1)c1cccc(OCCc2ccccc2)c1. The van der Waals surface area contributed by atoms with E-state index in [1.165, 1.54) is 11.1 Å². The highest BCUT2D eigenvalue weighted by Gasteiger charge is 2.08. The highest BCUT2D eigenvalue weighted by molar-refractivity contribution is 5.95. The number of amides is 2. The van der Waals surface area contributed by atoms with Gasteiger partial charge in [0.2, 0.25) is 0 Å². The van der Waals surface area contributed by atoms with Gasteiger partial charge in [0.15, 0.2) is 0 Å². The summed E-state index contributed by atoms with van der Waals surface area (Å²) in [4.78, 5) is 25.1. The average Bonchev–Trinajstić information content (AvgIpc) is 3.06. The fraction of sp³-hybridized carbons (Fsp3) is 0.316. The summed E-state index contributed by atoms with van der Waals surface area (Å²) in [6.45, 7) is 2.45. The van der Waals surface area contributed by atoms with Gasteiger partial charge in [-0.1, -0.05) is 98.5 Å². The van der Waals surface area contributed by atoms with Gasteiger partial charge in [0.1, 0.15) is 11.5 Å². The molecule has 0 spiro atoms. The molecule has 0 heterocycles. The molecule has 0 aliphatic carbocycles. The quantitative estimate of drug-likeness (QED) is 0.111. The van der Waals surface area contributed by atoms with Gasteiger partial charge < -0.3 is 20.1 Å². The highest BCUT2D eigenvalue weighted by atomic mass is 16.5. The van der Waals surface area contributed by atoms with Crippen LogP contribution < -0.4 is 20.1 Å². The van der Waals surface area contributed by atoms with Crippen LogP contribution in [0.3, 0.4) is 0 Å². The number of hydrogen-bond acceptors (Lipinski definition) is 4. The molecule has 0 aliphatic rings. The lowest BCUT2D eigenvalue weighted by atomic mass is 10.1. The monoisotopic (exact) mass is 592 g/mol. The number of hydrogen-bond donors (Lipinski definition) is 2. The molecular weight excluding hydrogens is 548 g/mol. The Balaban J connectivity index is 1.01. The first-order valence-corrected chi connectivity index (χ1v) is 15.8. The van der Waals surface area contributed by atoms with Crippen molar-refractivity contribution < 1.29 is 19.1 Å². The molecule has 6 nitrogen and oxygen atoms in total. The number of carbonyl (C=O) groups excluding carboxylic acids is 2. The molecular formula is C38H44N2O4. The Labute approximate surface area is 261 Å². The molecule has 0 aliphatic heterocycles. The minimum atomic E-state index is -0.0708. The van der Waals surface area contributed by atoms with Crippen molar-refractivity contribution in [2.24, 2.45) is 0 Å². The molecule has 4 aromatic rings. The van der Waals surface area contributed by atoms with Gasteiger partial charge in [-0.3, -0.25) is 9.59 Å². The van der Waals surface area contributed by atoms with Gasteiger partial charge in [0.05, 0.1) is 13.2 Å². The molecule has 0 unspecified atom stereocenters. The third kappa shape index (κ3) is 12.0. The topological polar surface area (TPSA) is 76.7 Å². The van der Waals surface area contributed by atoms with Crippen LogP contribution in [0.5, 0.6) is 11.5 Å². The predicted octanol–water partition coefficient (Wildman–Crippen LogP) is 7.43. The Kier molecular flexibility index (Phi) is 13.9. The molecule has 6 heteroatoms. The number of nitrogens with one attached hydrogen (secondary N) is 2. The molecule has 0 bridgehead atoms. The van der Waals surface area contributed by atoms with Crippen molar-refractivity contribution in [2.75, 3.05) is 26.3 Å². The maximum Gasteiger partial charge on any atom is 0.251 e. The lowest BCUT2D eigenvalue weighted by molar-refractivity contribution is 0.0944. The molecule has 2 amide bonds. The summed E-state index contributed by atoms with van der Waals surface area (Å²) in [6.07, 6.45) is 7.88. The number of rotatable bonds is 19. The summed E-state index contributed by atoms with van der Waals surface area (Å²) in [5.41, 5.74) is 3.69. The lowest BCUT2D eigenvalue weighted by Gasteiger charge is -2.09. The molecule has 0 saturated carbocycles. The Bertz CT molecular complexity index is 1300. The van der Waals surface area contributed by atoms with Gasteiger partial charge >= 0.3 is 0 Å². The summed E-state index contributed by atoms with van der Waals surface area (Å²) in [5, 5.41) is 6.04. The van der Waals surface area contributed by atoms with E-state index < -0.39 is 0 Å². The third-order valence-electron chi connectivity index (χ3n) is 7.37. The first kappa shape index (κ1) is 32.3. The number of unbranched alkanes of at least 4 members (excludes halogenated alkanes) is 5.